The van der Waals surface area contributed by atoms with Gasteiger partial charge in [-0.15, -0.1) is 0 Å². The van der Waals surface area contributed by atoms with Crippen LogP contribution in [0.25, 0.3) is 11.1 Å². The molecule has 0 amide bonds. The van der Waals surface area contributed by atoms with Crippen LogP contribution in [0.2, 0.25) is 0 Å². The van der Waals surface area contributed by atoms with Gasteiger partial charge in [-0.2, -0.15) is 0 Å². The third kappa shape index (κ3) is 6.76. The summed E-state index contributed by atoms with van der Waals surface area (Å²) in [4.78, 5) is 12.0. The second-order valence-corrected chi connectivity index (χ2v) is 13.2. The van der Waals surface area contributed by atoms with Crippen molar-refractivity contribution in [3.63, 3.8) is 0 Å². The van der Waals surface area contributed by atoms with Crippen molar-refractivity contribution in [2.75, 3.05) is 25.2 Å². The van der Waals surface area contributed by atoms with Crippen LogP contribution in [0.5, 0.6) is 5.75 Å². The fourth-order valence-electron chi connectivity index (χ4n) is 5.74. The number of sulfone groups is 1. The van der Waals surface area contributed by atoms with Gasteiger partial charge in [0.25, 0.3) is 0 Å². The van der Waals surface area contributed by atoms with E-state index in [9.17, 15) is 13.2 Å². The Labute approximate surface area is 237 Å². The molecule has 2 atom stereocenters. The molecule has 0 unspecified atom stereocenters. The first-order chi connectivity index (χ1) is 19.2. The van der Waals surface area contributed by atoms with Crippen LogP contribution in [0.15, 0.2) is 54.6 Å². The van der Waals surface area contributed by atoms with E-state index in [-0.39, 0.29) is 23.6 Å². The number of carbonyl (C=O) groups is 1. The summed E-state index contributed by atoms with van der Waals surface area (Å²) in [6, 6.07) is 19.3. The number of ether oxygens (including phenoxy) is 3. The molecule has 7 heteroatoms. The van der Waals surface area contributed by atoms with Crippen LogP contribution in [0.1, 0.15) is 59.1 Å². The molecule has 6 nitrogen and oxygen atoms in total. The first kappa shape index (κ1) is 28.4. The van der Waals surface area contributed by atoms with Crippen LogP contribution in [0.3, 0.4) is 0 Å². The minimum absolute atomic E-state index is 0.0134. The lowest BCUT2D eigenvalue weighted by Gasteiger charge is -2.17. The lowest BCUT2D eigenvalue weighted by atomic mass is 9.89. The number of fused-ring (bicyclic) bond motifs is 3. The van der Waals surface area contributed by atoms with Crippen molar-refractivity contribution in [1.82, 2.24) is 0 Å². The largest absolute Gasteiger partial charge is 0.494 e. The van der Waals surface area contributed by atoms with Crippen molar-refractivity contribution < 1.29 is 27.4 Å². The second kappa shape index (κ2) is 12.1. The van der Waals surface area contributed by atoms with Crippen molar-refractivity contribution in [1.29, 1.82) is 0 Å². The minimum atomic E-state index is -2.99. The van der Waals surface area contributed by atoms with Crippen LogP contribution in [-0.2, 0) is 50.2 Å². The predicted molar refractivity (Wildman–Crippen MR) is 156 cm³/mol. The van der Waals surface area contributed by atoms with Crippen LogP contribution in [-0.4, -0.2) is 39.6 Å². The maximum atomic E-state index is 12.0. The number of rotatable bonds is 11. The van der Waals surface area contributed by atoms with Gasteiger partial charge in [0.1, 0.15) is 15.6 Å². The van der Waals surface area contributed by atoms with Crippen molar-refractivity contribution in [2.24, 2.45) is 5.92 Å². The van der Waals surface area contributed by atoms with Gasteiger partial charge in [0.15, 0.2) is 0 Å². The van der Waals surface area contributed by atoms with Gasteiger partial charge in [0.05, 0.1) is 38.1 Å². The summed E-state index contributed by atoms with van der Waals surface area (Å²) in [5, 5.41) is 0. The van der Waals surface area contributed by atoms with E-state index in [0.717, 1.165) is 36.1 Å². The molecule has 3 aromatic rings. The third-order valence-corrected chi connectivity index (χ3v) is 8.87. The average Bonchev–Trinajstić information content (AvgIpc) is 3.73. The highest BCUT2D eigenvalue weighted by Gasteiger charge is 2.45. The van der Waals surface area contributed by atoms with Crippen molar-refractivity contribution in [3.05, 3.63) is 88.0 Å². The summed E-state index contributed by atoms with van der Waals surface area (Å²) in [7, 11) is -2.99. The molecule has 2 aliphatic rings. The van der Waals surface area contributed by atoms with Gasteiger partial charge in [-0.3, -0.25) is 4.79 Å². The molecule has 0 bridgehead atoms. The Morgan fingerprint density at radius 2 is 1.85 bits per heavy atom. The normalized spacial score (nSPS) is 17.9. The zero-order chi connectivity index (χ0) is 28.3. The Hall–Kier alpha value is -3.16. The lowest BCUT2D eigenvalue weighted by Crippen LogP contribution is -2.08. The van der Waals surface area contributed by atoms with E-state index in [1.54, 1.807) is 0 Å². The molecule has 0 spiro atoms. The molecule has 0 saturated heterocycles. The summed E-state index contributed by atoms with van der Waals surface area (Å²) in [5.74, 6) is 1.10. The molecule has 1 fully saturated rings. The number of carbonyl (C=O) groups excluding carboxylic acids is 1. The van der Waals surface area contributed by atoms with Crippen molar-refractivity contribution in [2.45, 2.75) is 58.7 Å². The monoisotopic (exact) mass is 562 g/mol. The molecule has 40 heavy (non-hydrogen) atoms. The number of hydrogen-bond acceptors (Lipinski definition) is 6. The Morgan fingerprint density at radius 3 is 2.60 bits per heavy atom. The van der Waals surface area contributed by atoms with E-state index in [2.05, 4.69) is 49.4 Å². The number of benzene rings is 3. The van der Waals surface area contributed by atoms with Gasteiger partial charge in [-0.25, -0.2) is 8.42 Å². The van der Waals surface area contributed by atoms with E-state index in [1.165, 1.54) is 39.6 Å². The summed E-state index contributed by atoms with van der Waals surface area (Å²) >= 11 is 0. The van der Waals surface area contributed by atoms with Gasteiger partial charge < -0.3 is 14.2 Å². The molecule has 1 aliphatic heterocycles. The molecule has 3 aromatic carbocycles. The van der Waals surface area contributed by atoms with E-state index in [0.29, 0.717) is 32.8 Å². The van der Waals surface area contributed by atoms with Crippen LogP contribution in [0, 0.1) is 12.8 Å². The number of aryl methyl sites for hydroxylation is 3. The van der Waals surface area contributed by atoms with Crippen molar-refractivity contribution >= 4 is 15.8 Å². The van der Waals surface area contributed by atoms with Crippen molar-refractivity contribution in [3.8, 4) is 16.9 Å². The zero-order valence-corrected chi connectivity index (χ0v) is 24.4. The van der Waals surface area contributed by atoms with E-state index >= 15 is 0 Å². The molecule has 0 radical (unpaired) electrons. The fourth-order valence-corrected chi connectivity index (χ4v) is 6.38. The summed E-state index contributed by atoms with van der Waals surface area (Å²) in [6.07, 6.45) is 4.43. The molecule has 5 rings (SSSR count). The molecule has 0 N–H and O–H groups in total. The highest BCUT2D eigenvalue weighted by atomic mass is 32.2. The summed E-state index contributed by atoms with van der Waals surface area (Å²) in [6.45, 7) is 5.80. The van der Waals surface area contributed by atoms with Crippen LogP contribution < -0.4 is 4.74 Å². The lowest BCUT2D eigenvalue weighted by molar-refractivity contribution is -0.144. The Balaban J connectivity index is 1.27. The third-order valence-electron chi connectivity index (χ3n) is 7.84. The standard InChI is InChI=1S/C33H38O6S/c1-4-38-33(34)30-19-29(30)25-13-10-23(11-14-25)9-12-24-7-5-8-28-31(24)21-37-20-26-18-27(17-22(2)32(26)28)39-15-6-16-40(3,35)36/h5,7-8,10-11,13-14,17-18,29-30H,4,6,9,12,15-16,19-21H2,1-3H3/t29-,30+/m1/s1. The highest BCUT2D eigenvalue weighted by Crippen LogP contribution is 2.48. The van der Waals surface area contributed by atoms with E-state index < -0.39 is 9.84 Å². The molecule has 0 aromatic heterocycles. The molecular formula is C33H38O6S. The topological polar surface area (TPSA) is 78.9 Å². The number of hydrogen-bond donors (Lipinski definition) is 0. The second-order valence-electron chi connectivity index (χ2n) is 11.0. The summed E-state index contributed by atoms with van der Waals surface area (Å²) in [5.41, 5.74) is 9.63. The molecule has 1 heterocycles. The molecule has 212 valence electrons. The fraction of sp³-hybridized carbons (Fsp3) is 0.424. The minimum Gasteiger partial charge on any atom is -0.494 e. The smallest absolute Gasteiger partial charge is 0.309 e. The van der Waals surface area contributed by atoms with Crippen LogP contribution >= 0.6 is 0 Å². The van der Waals surface area contributed by atoms with E-state index in [4.69, 9.17) is 14.2 Å². The van der Waals surface area contributed by atoms with Gasteiger partial charge in [0.2, 0.25) is 0 Å². The molecule has 1 aliphatic carbocycles. The first-order valence-corrected chi connectivity index (χ1v) is 16.2. The predicted octanol–water partition coefficient (Wildman–Crippen LogP) is 5.96. The summed E-state index contributed by atoms with van der Waals surface area (Å²) < 4.78 is 40.0. The van der Waals surface area contributed by atoms with Gasteiger partial charge >= 0.3 is 5.97 Å². The zero-order valence-electron chi connectivity index (χ0n) is 23.6. The van der Waals surface area contributed by atoms with Gasteiger partial charge in [-0.05, 0) is 102 Å². The Kier molecular flexibility index (Phi) is 8.62. The molecule has 1 saturated carbocycles. The maximum Gasteiger partial charge on any atom is 0.309 e. The van der Waals surface area contributed by atoms with Crippen LogP contribution in [0.4, 0.5) is 0 Å². The quantitative estimate of drug-likeness (QED) is 0.212. The first-order valence-electron chi connectivity index (χ1n) is 14.1. The highest BCUT2D eigenvalue weighted by molar-refractivity contribution is 7.90. The Bertz CT molecular complexity index is 1480. The average molecular weight is 563 g/mol. The number of esters is 1. The van der Waals surface area contributed by atoms with Gasteiger partial charge in [-0.1, -0.05) is 42.5 Å². The SMILES string of the molecule is CCOC(=O)[C@H]1C[C@@H]1c1ccc(CCc2cccc3c2COCc2cc(OCCCS(C)(=O)=O)cc(C)c2-3)cc1. The Morgan fingerprint density at radius 1 is 1.05 bits per heavy atom. The van der Waals surface area contributed by atoms with E-state index in [1.807, 2.05) is 19.1 Å². The molecular weight excluding hydrogens is 524 g/mol. The maximum absolute atomic E-state index is 12.0. The van der Waals surface area contributed by atoms with Gasteiger partial charge in [0, 0.05) is 6.26 Å².